The number of fused-ring (bicyclic) bond motifs is 3. The second-order valence-corrected chi connectivity index (χ2v) is 13.4. The second kappa shape index (κ2) is 14.6. The minimum atomic E-state index is -0.507. The lowest BCUT2D eigenvalue weighted by atomic mass is 10.1. The molecule has 2 saturated heterocycles. The van der Waals surface area contributed by atoms with Crippen LogP contribution in [0.15, 0.2) is 91.0 Å². The highest BCUT2D eigenvalue weighted by molar-refractivity contribution is 5.96. The number of benzene rings is 3. The minimum Gasteiger partial charge on any atom is -0.473 e. The van der Waals surface area contributed by atoms with Crippen LogP contribution in [-0.2, 0) is 25.0 Å². The van der Waals surface area contributed by atoms with Crippen molar-refractivity contribution < 1.29 is 19.0 Å². The van der Waals surface area contributed by atoms with Gasteiger partial charge >= 0.3 is 6.09 Å². The Balaban J connectivity index is 0.00000205. The number of carbonyl (C=O) groups excluding carboxylic acids is 1. The molecule has 9 heteroatoms. The van der Waals surface area contributed by atoms with Crippen molar-refractivity contribution in [1.82, 2.24) is 19.7 Å². The molecule has 3 aromatic carbocycles. The van der Waals surface area contributed by atoms with Gasteiger partial charge in [0, 0.05) is 37.3 Å². The largest absolute Gasteiger partial charge is 0.473 e. The Morgan fingerprint density at radius 1 is 0.816 bits per heavy atom. The SMILES string of the molecule is CC.Cn1nc(-c2ccc(OCc3ccccc3)nc2OCc2ccccc2)c2ccc(N3CC4CCC(C3)N4C(=O)OC(C)(C)C)cc21. The summed E-state index contributed by atoms with van der Waals surface area (Å²) in [4.78, 5) is 22.2. The van der Waals surface area contributed by atoms with Crippen LogP contribution in [0.4, 0.5) is 10.5 Å². The Morgan fingerprint density at radius 2 is 1.43 bits per heavy atom. The predicted octanol–water partition coefficient (Wildman–Crippen LogP) is 8.41. The van der Waals surface area contributed by atoms with Crippen molar-refractivity contribution in [1.29, 1.82) is 0 Å². The molecule has 4 heterocycles. The molecule has 0 saturated carbocycles. The molecule has 2 fully saturated rings. The van der Waals surface area contributed by atoms with Crippen LogP contribution in [0.2, 0.25) is 0 Å². The molecule has 2 unspecified atom stereocenters. The fraction of sp³-hybridized carbons (Fsp3) is 0.375. The zero-order valence-electron chi connectivity index (χ0n) is 29.4. The summed E-state index contributed by atoms with van der Waals surface area (Å²) in [7, 11) is 1.97. The monoisotopic (exact) mass is 661 g/mol. The first-order valence-electron chi connectivity index (χ1n) is 17.3. The summed E-state index contributed by atoms with van der Waals surface area (Å²) in [6, 6.07) is 30.7. The smallest absolute Gasteiger partial charge is 0.410 e. The summed E-state index contributed by atoms with van der Waals surface area (Å²) in [5.74, 6) is 0.960. The molecular weight excluding hydrogens is 614 g/mol. The highest BCUT2D eigenvalue weighted by Gasteiger charge is 2.44. The van der Waals surface area contributed by atoms with E-state index in [1.54, 1.807) is 0 Å². The number of anilines is 1. The summed E-state index contributed by atoms with van der Waals surface area (Å²) >= 11 is 0. The second-order valence-electron chi connectivity index (χ2n) is 13.4. The standard InChI is InChI=1S/C38H41N5O4.C2H6/c1-38(2,3)47-37(44)43-29-15-16-30(43)23-42(22-29)28-17-18-31-33(21-28)41(4)40-35(31)32-19-20-34(45-24-26-11-7-5-8-12-26)39-36(32)46-25-27-13-9-6-10-14-27;1-2/h5-14,17-21,29-30H,15-16,22-25H2,1-4H3;1-2H3. The van der Waals surface area contributed by atoms with Crippen molar-refractivity contribution in [2.45, 2.75) is 78.4 Å². The summed E-state index contributed by atoms with van der Waals surface area (Å²) in [5, 5.41) is 5.97. The number of ether oxygens (including phenoxy) is 3. The van der Waals surface area contributed by atoms with Crippen LogP contribution < -0.4 is 14.4 Å². The molecule has 9 nitrogen and oxygen atoms in total. The topological polar surface area (TPSA) is 82.0 Å². The van der Waals surface area contributed by atoms with Gasteiger partial charge in [0.25, 0.3) is 0 Å². The van der Waals surface area contributed by atoms with Crippen LogP contribution in [0, 0.1) is 0 Å². The van der Waals surface area contributed by atoms with Gasteiger partial charge < -0.3 is 19.1 Å². The fourth-order valence-electron chi connectivity index (χ4n) is 6.62. The van der Waals surface area contributed by atoms with Crippen molar-refractivity contribution in [3.63, 3.8) is 0 Å². The predicted molar refractivity (Wildman–Crippen MR) is 194 cm³/mol. The summed E-state index contributed by atoms with van der Waals surface area (Å²) in [5.41, 5.74) is 5.34. The Bertz CT molecular complexity index is 1850. The van der Waals surface area contributed by atoms with E-state index in [0.29, 0.717) is 25.0 Å². The van der Waals surface area contributed by atoms with Gasteiger partial charge in [-0.25, -0.2) is 4.79 Å². The maximum Gasteiger partial charge on any atom is 0.410 e. The third kappa shape index (κ3) is 7.66. The molecule has 2 atom stereocenters. The van der Waals surface area contributed by atoms with Crippen LogP contribution in [0.25, 0.3) is 22.2 Å². The summed E-state index contributed by atoms with van der Waals surface area (Å²) < 4.78 is 20.1. The number of nitrogens with zero attached hydrogens (tertiary/aromatic N) is 5. The van der Waals surface area contributed by atoms with Gasteiger partial charge in [-0.2, -0.15) is 10.1 Å². The van der Waals surface area contributed by atoms with Crippen molar-refractivity contribution in [3.8, 4) is 23.0 Å². The molecule has 0 aliphatic carbocycles. The van der Waals surface area contributed by atoms with Crippen LogP contribution in [0.1, 0.15) is 58.6 Å². The number of pyridine rings is 1. The van der Waals surface area contributed by atoms with Gasteiger partial charge in [-0.3, -0.25) is 9.58 Å². The van der Waals surface area contributed by atoms with Gasteiger partial charge in [-0.1, -0.05) is 74.5 Å². The van der Waals surface area contributed by atoms with Gasteiger partial charge in [0.15, 0.2) is 0 Å². The van der Waals surface area contributed by atoms with Crippen molar-refractivity contribution in [2.24, 2.45) is 7.05 Å². The maximum atomic E-state index is 13.0. The number of carbonyl (C=O) groups is 1. The number of hydrogen-bond acceptors (Lipinski definition) is 7. The first kappa shape index (κ1) is 33.8. The highest BCUT2D eigenvalue weighted by atomic mass is 16.6. The average Bonchev–Trinajstić information content (AvgIpc) is 3.58. The lowest BCUT2D eigenvalue weighted by Gasteiger charge is -2.42. The van der Waals surface area contributed by atoms with E-state index in [9.17, 15) is 4.79 Å². The van der Waals surface area contributed by atoms with Gasteiger partial charge in [-0.05, 0) is 69.0 Å². The minimum absolute atomic E-state index is 0.138. The van der Waals surface area contributed by atoms with Crippen LogP contribution in [0.5, 0.6) is 11.8 Å². The fourth-order valence-corrected chi connectivity index (χ4v) is 6.62. The van der Waals surface area contributed by atoms with Crippen LogP contribution in [-0.4, -0.2) is 56.5 Å². The van der Waals surface area contributed by atoms with E-state index < -0.39 is 5.60 Å². The van der Waals surface area contributed by atoms with Gasteiger partial charge in [0.05, 0.1) is 23.2 Å². The first-order valence-corrected chi connectivity index (χ1v) is 17.3. The number of aromatic nitrogens is 3. The normalized spacial score (nSPS) is 17.0. The number of aryl methyl sites for hydroxylation is 1. The summed E-state index contributed by atoms with van der Waals surface area (Å²) in [6.07, 6.45) is 1.77. The first-order chi connectivity index (χ1) is 23.7. The van der Waals surface area contributed by atoms with E-state index in [0.717, 1.165) is 64.9 Å². The molecule has 2 bridgehead atoms. The van der Waals surface area contributed by atoms with Crippen LogP contribution >= 0.6 is 0 Å². The molecule has 0 radical (unpaired) electrons. The Hall–Kier alpha value is -5.05. The van der Waals surface area contributed by atoms with E-state index >= 15 is 0 Å². The molecular formula is C40H47N5O4. The number of rotatable bonds is 8. The Labute approximate surface area is 289 Å². The molecule has 0 spiro atoms. The zero-order chi connectivity index (χ0) is 34.5. The number of piperazine rings is 1. The van der Waals surface area contributed by atoms with E-state index in [1.165, 1.54) is 0 Å². The quantitative estimate of drug-likeness (QED) is 0.165. The molecule has 2 aliphatic heterocycles. The molecule has 1 amide bonds. The number of amides is 1. The van der Waals surface area contributed by atoms with Gasteiger partial charge in [-0.15, -0.1) is 0 Å². The molecule has 256 valence electrons. The highest BCUT2D eigenvalue weighted by Crippen LogP contribution is 2.38. The lowest BCUT2D eigenvalue weighted by Crippen LogP contribution is -2.56. The molecule has 0 N–H and O–H groups in total. The number of hydrogen-bond donors (Lipinski definition) is 0. The maximum absolute atomic E-state index is 13.0. The molecule has 2 aromatic heterocycles. The van der Waals surface area contributed by atoms with Crippen molar-refractivity contribution in [3.05, 3.63) is 102 Å². The summed E-state index contributed by atoms with van der Waals surface area (Å²) in [6.45, 7) is 12.1. The molecule has 5 aromatic rings. The van der Waals surface area contributed by atoms with Gasteiger partial charge in [0.2, 0.25) is 11.8 Å². The lowest BCUT2D eigenvalue weighted by molar-refractivity contribution is 0.0123. The third-order valence-corrected chi connectivity index (χ3v) is 8.82. The third-order valence-electron chi connectivity index (χ3n) is 8.82. The molecule has 7 rings (SSSR count). The van der Waals surface area contributed by atoms with Gasteiger partial charge in [0.1, 0.15) is 24.5 Å². The average molecular weight is 662 g/mol. The van der Waals surface area contributed by atoms with E-state index in [4.69, 9.17) is 24.3 Å². The Morgan fingerprint density at radius 3 is 2.04 bits per heavy atom. The van der Waals surface area contributed by atoms with Crippen molar-refractivity contribution >= 4 is 22.7 Å². The van der Waals surface area contributed by atoms with E-state index in [-0.39, 0.29) is 18.2 Å². The molecule has 49 heavy (non-hydrogen) atoms. The zero-order valence-corrected chi connectivity index (χ0v) is 29.4. The van der Waals surface area contributed by atoms with E-state index in [1.807, 2.05) is 124 Å². The van der Waals surface area contributed by atoms with Crippen molar-refractivity contribution in [2.75, 3.05) is 18.0 Å². The van der Waals surface area contributed by atoms with E-state index in [2.05, 4.69) is 23.1 Å². The van der Waals surface area contributed by atoms with Crippen LogP contribution in [0.3, 0.4) is 0 Å². The Kier molecular flexibility index (Phi) is 10.1. The molecule has 2 aliphatic rings.